The Hall–Kier alpha value is -3.23. The quantitative estimate of drug-likeness (QED) is 0.319. The van der Waals surface area contributed by atoms with Crippen LogP contribution < -0.4 is 4.74 Å². The fourth-order valence-corrected chi connectivity index (χ4v) is 5.04. The number of carbonyl (C=O) groups is 1. The number of hydrogen-bond donors (Lipinski definition) is 3. The van der Waals surface area contributed by atoms with Crippen LogP contribution in [-0.2, 0) is 4.79 Å². The predicted octanol–water partition coefficient (Wildman–Crippen LogP) is 3.29. The molecule has 1 heterocycles. The number of nitrogens with zero attached hydrogens (tertiary/aromatic N) is 2. The molecule has 0 saturated carbocycles. The zero-order chi connectivity index (χ0) is 26.7. The number of benzene rings is 3. The van der Waals surface area contributed by atoms with Gasteiger partial charge in [-0.3, -0.25) is 4.79 Å². The van der Waals surface area contributed by atoms with Gasteiger partial charge >= 0.3 is 0 Å². The highest BCUT2D eigenvalue weighted by molar-refractivity contribution is 5.92. The van der Waals surface area contributed by atoms with Crippen molar-refractivity contribution in [3.8, 4) is 5.75 Å². The van der Waals surface area contributed by atoms with E-state index < -0.39 is 6.10 Å². The summed E-state index contributed by atoms with van der Waals surface area (Å²) in [5, 5.41) is 31.5. The van der Waals surface area contributed by atoms with Crippen LogP contribution in [0.4, 0.5) is 0 Å². The van der Waals surface area contributed by atoms with Gasteiger partial charge in [0.25, 0.3) is 0 Å². The molecular formula is C31H38N2O5. The number of aliphatic hydroxyl groups excluding tert-OH is 3. The van der Waals surface area contributed by atoms with E-state index in [1.165, 1.54) is 27.3 Å². The van der Waals surface area contributed by atoms with Crippen LogP contribution in [0.25, 0.3) is 16.8 Å². The molecule has 38 heavy (non-hydrogen) atoms. The van der Waals surface area contributed by atoms with E-state index in [2.05, 4.69) is 47.4 Å². The normalized spacial score (nSPS) is 15.7. The predicted molar refractivity (Wildman–Crippen MR) is 150 cm³/mol. The summed E-state index contributed by atoms with van der Waals surface area (Å²) in [4.78, 5) is 16.1. The molecule has 1 amide bonds. The van der Waals surface area contributed by atoms with Crippen LogP contribution in [0.2, 0.25) is 0 Å². The lowest BCUT2D eigenvalue weighted by Gasteiger charge is -2.33. The summed E-state index contributed by atoms with van der Waals surface area (Å²) in [6.07, 6.45) is 4.57. The highest BCUT2D eigenvalue weighted by Gasteiger charge is 2.22. The van der Waals surface area contributed by atoms with Gasteiger partial charge in [0.05, 0.1) is 13.2 Å². The lowest BCUT2D eigenvalue weighted by atomic mass is 9.88. The van der Waals surface area contributed by atoms with Gasteiger partial charge in [-0.05, 0) is 60.3 Å². The standard InChI is InChI=1S/C31H38N2O5/c34-19-17-33(18-20-35)31(37)12-11-26-6-3-4-8-30(26)38-23-29(36)22-32-15-13-25(14-16-32)28-10-9-24-5-1-2-7-27(24)21-28/h1-12,21,25,29,34-36H,13-20,22-23H2. The first-order chi connectivity index (χ1) is 18.6. The van der Waals surface area contributed by atoms with Crippen molar-refractivity contribution in [1.82, 2.24) is 9.80 Å². The van der Waals surface area contributed by atoms with Crippen LogP contribution >= 0.6 is 0 Å². The van der Waals surface area contributed by atoms with Crippen LogP contribution in [0.15, 0.2) is 72.8 Å². The summed E-state index contributed by atoms with van der Waals surface area (Å²) in [5.41, 5.74) is 2.11. The average molecular weight is 519 g/mol. The second-order valence-electron chi connectivity index (χ2n) is 9.79. The zero-order valence-electron chi connectivity index (χ0n) is 21.8. The van der Waals surface area contributed by atoms with Crippen LogP contribution in [0, 0.1) is 0 Å². The minimum absolute atomic E-state index is 0.157. The smallest absolute Gasteiger partial charge is 0.246 e. The number of piperidine rings is 1. The molecule has 3 aromatic carbocycles. The number of hydrogen-bond acceptors (Lipinski definition) is 6. The van der Waals surface area contributed by atoms with Crippen molar-refractivity contribution in [2.24, 2.45) is 0 Å². The van der Waals surface area contributed by atoms with Crippen molar-refractivity contribution in [1.29, 1.82) is 0 Å². The van der Waals surface area contributed by atoms with Crippen molar-refractivity contribution in [3.05, 3.63) is 83.9 Å². The van der Waals surface area contributed by atoms with Gasteiger partial charge in [-0.25, -0.2) is 0 Å². The Morgan fingerprint density at radius 2 is 1.66 bits per heavy atom. The molecular weight excluding hydrogens is 480 g/mol. The van der Waals surface area contributed by atoms with E-state index in [9.17, 15) is 9.90 Å². The molecule has 1 fully saturated rings. The Morgan fingerprint density at radius 1 is 0.974 bits per heavy atom. The van der Waals surface area contributed by atoms with E-state index in [1.54, 1.807) is 6.08 Å². The van der Waals surface area contributed by atoms with E-state index >= 15 is 0 Å². The Morgan fingerprint density at radius 3 is 2.39 bits per heavy atom. The third-order valence-electron chi connectivity index (χ3n) is 7.11. The molecule has 0 aromatic heterocycles. The first-order valence-corrected chi connectivity index (χ1v) is 13.4. The summed E-state index contributed by atoms with van der Waals surface area (Å²) in [6.45, 7) is 2.57. The molecule has 7 nitrogen and oxygen atoms in total. The van der Waals surface area contributed by atoms with Crippen molar-refractivity contribution < 1.29 is 24.9 Å². The molecule has 1 atom stereocenters. The van der Waals surface area contributed by atoms with Crippen LogP contribution in [0.3, 0.4) is 0 Å². The van der Waals surface area contributed by atoms with E-state index in [4.69, 9.17) is 14.9 Å². The minimum Gasteiger partial charge on any atom is -0.490 e. The molecule has 202 valence electrons. The van der Waals surface area contributed by atoms with E-state index in [-0.39, 0.29) is 38.8 Å². The maximum atomic E-state index is 12.4. The first-order valence-electron chi connectivity index (χ1n) is 13.4. The molecule has 0 radical (unpaired) electrons. The maximum absolute atomic E-state index is 12.4. The lowest BCUT2D eigenvalue weighted by Crippen LogP contribution is -2.40. The number of ether oxygens (including phenoxy) is 1. The molecule has 1 aliphatic heterocycles. The Labute approximate surface area is 224 Å². The largest absolute Gasteiger partial charge is 0.490 e. The number of amides is 1. The third kappa shape index (κ3) is 7.65. The van der Waals surface area contributed by atoms with E-state index in [0.29, 0.717) is 18.2 Å². The molecule has 1 saturated heterocycles. The topological polar surface area (TPSA) is 93.5 Å². The number of β-amino-alcohol motifs (C(OH)–C–C–N with tert-alkyl or cyclic N) is 1. The minimum atomic E-state index is -0.629. The van der Waals surface area contributed by atoms with Gasteiger partial charge in [-0.15, -0.1) is 0 Å². The van der Waals surface area contributed by atoms with E-state index in [1.807, 2.05) is 24.3 Å². The highest BCUT2D eigenvalue weighted by atomic mass is 16.5. The number of carbonyl (C=O) groups excluding carboxylic acids is 1. The van der Waals surface area contributed by atoms with Gasteiger partial charge in [0.15, 0.2) is 0 Å². The van der Waals surface area contributed by atoms with Gasteiger partial charge in [-0.1, -0.05) is 60.7 Å². The molecule has 0 bridgehead atoms. The van der Waals surface area contributed by atoms with Crippen molar-refractivity contribution in [2.45, 2.75) is 24.9 Å². The summed E-state index contributed by atoms with van der Waals surface area (Å²) in [5.74, 6) is 0.827. The van der Waals surface area contributed by atoms with Gasteiger partial charge in [-0.2, -0.15) is 0 Å². The molecule has 3 aromatic rings. The highest BCUT2D eigenvalue weighted by Crippen LogP contribution is 2.30. The SMILES string of the molecule is O=C(C=Cc1ccccc1OCC(O)CN1CCC(c2ccc3ccccc3c2)CC1)N(CCO)CCO. The second-order valence-corrected chi connectivity index (χ2v) is 9.79. The van der Waals surface area contributed by atoms with Gasteiger partial charge < -0.3 is 29.9 Å². The molecule has 1 aliphatic rings. The van der Waals surface area contributed by atoms with Crippen LogP contribution in [0.5, 0.6) is 5.75 Å². The number of rotatable bonds is 12. The number of aliphatic hydroxyl groups is 3. The monoisotopic (exact) mass is 518 g/mol. The van der Waals surface area contributed by atoms with Crippen LogP contribution in [-0.4, -0.2) is 89.7 Å². The maximum Gasteiger partial charge on any atom is 0.246 e. The summed E-state index contributed by atoms with van der Waals surface area (Å²) < 4.78 is 5.93. The molecule has 4 rings (SSSR count). The van der Waals surface area contributed by atoms with Crippen molar-refractivity contribution in [2.75, 3.05) is 52.5 Å². The molecule has 0 aliphatic carbocycles. The second kappa shape index (κ2) is 14.1. The van der Waals surface area contributed by atoms with Gasteiger partial charge in [0.1, 0.15) is 18.5 Å². The van der Waals surface area contributed by atoms with Crippen molar-refractivity contribution >= 4 is 22.8 Å². The average Bonchev–Trinajstić information content (AvgIpc) is 2.95. The van der Waals surface area contributed by atoms with Gasteiger partial charge in [0.2, 0.25) is 5.91 Å². The zero-order valence-corrected chi connectivity index (χ0v) is 21.8. The fourth-order valence-electron chi connectivity index (χ4n) is 5.04. The van der Waals surface area contributed by atoms with Gasteiger partial charge in [0, 0.05) is 31.3 Å². The van der Waals surface area contributed by atoms with E-state index in [0.717, 1.165) is 31.5 Å². The molecule has 0 spiro atoms. The summed E-state index contributed by atoms with van der Waals surface area (Å²) >= 11 is 0. The van der Waals surface area contributed by atoms with Crippen molar-refractivity contribution in [3.63, 3.8) is 0 Å². The lowest BCUT2D eigenvalue weighted by molar-refractivity contribution is -0.126. The Balaban J connectivity index is 1.26. The van der Waals surface area contributed by atoms with Crippen LogP contribution in [0.1, 0.15) is 29.9 Å². The molecule has 3 N–H and O–H groups in total. The number of fused-ring (bicyclic) bond motifs is 1. The molecule has 1 unspecified atom stereocenters. The number of para-hydroxylation sites is 1. The summed E-state index contributed by atoms with van der Waals surface area (Å²) in [7, 11) is 0. The third-order valence-corrected chi connectivity index (χ3v) is 7.11. The Bertz CT molecular complexity index is 1200. The summed E-state index contributed by atoms with van der Waals surface area (Å²) in [6, 6.07) is 22.6. The molecule has 7 heteroatoms. The Kier molecular flexibility index (Phi) is 10.3. The first kappa shape index (κ1) is 27.8. The number of likely N-dealkylation sites (tertiary alicyclic amines) is 1. The fraction of sp³-hybridized carbons (Fsp3) is 0.387.